The molecule has 1 aliphatic heterocycles. The molecule has 144 valence electrons. The van der Waals surface area contributed by atoms with E-state index in [9.17, 15) is 31.1 Å². The molecule has 0 spiro atoms. The highest BCUT2D eigenvalue weighted by atomic mass is 35.5. The van der Waals surface area contributed by atoms with Crippen molar-refractivity contribution in [3.05, 3.63) is 28.8 Å². The van der Waals surface area contributed by atoms with E-state index in [1.165, 1.54) is 13.8 Å². The van der Waals surface area contributed by atoms with E-state index < -0.39 is 41.5 Å². The highest BCUT2D eigenvalue weighted by Gasteiger charge is 2.49. The molecule has 1 heterocycles. The highest BCUT2D eigenvalue weighted by Crippen LogP contribution is 2.41. The predicted octanol–water partition coefficient (Wildman–Crippen LogP) is 4.73. The molecule has 2 rings (SSSR count). The summed E-state index contributed by atoms with van der Waals surface area (Å²) in [5, 5.41) is 0. The fourth-order valence-corrected chi connectivity index (χ4v) is 2.36. The zero-order chi connectivity index (χ0) is 19.9. The Balaban J connectivity index is 2.53. The number of alkyl halides is 7. The van der Waals surface area contributed by atoms with Crippen LogP contribution in [0.15, 0.2) is 17.7 Å². The van der Waals surface area contributed by atoms with Gasteiger partial charge in [0, 0.05) is 5.56 Å². The number of carbonyl (C=O) groups is 1. The van der Waals surface area contributed by atoms with Gasteiger partial charge in [-0.1, -0.05) is 11.6 Å². The molecule has 0 saturated heterocycles. The van der Waals surface area contributed by atoms with Crippen LogP contribution < -0.4 is 9.47 Å². The van der Waals surface area contributed by atoms with Crippen molar-refractivity contribution >= 4 is 23.6 Å². The van der Waals surface area contributed by atoms with Crippen LogP contribution in [0.3, 0.4) is 0 Å². The summed E-state index contributed by atoms with van der Waals surface area (Å²) in [5.74, 6) is -2.39. The maximum absolute atomic E-state index is 13.2. The molecule has 0 radical (unpaired) electrons. The lowest BCUT2D eigenvalue weighted by molar-refractivity contribution is -0.274. The Morgan fingerprint density at radius 1 is 1.23 bits per heavy atom. The van der Waals surface area contributed by atoms with Crippen LogP contribution in [0.1, 0.15) is 18.1 Å². The van der Waals surface area contributed by atoms with E-state index in [4.69, 9.17) is 16.3 Å². The Bertz CT molecular complexity index is 739. The number of halogens is 7. The van der Waals surface area contributed by atoms with Crippen molar-refractivity contribution < 1.29 is 45.3 Å². The molecule has 1 aromatic rings. The van der Waals surface area contributed by atoms with Crippen LogP contribution in [-0.2, 0) is 9.53 Å². The van der Waals surface area contributed by atoms with Gasteiger partial charge >= 0.3 is 18.5 Å². The first kappa shape index (κ1) is 20.2. The third-order valence-electron chi connectivity index (χ3n) is 3.14. The molecule has 0 aliphatic carbocycles. The van der Waals surface area contributed by atoms with E-state index >= 15 is 0 Å². The molecule has 0 saturated carbocycles. The van der Waals surface area contributed by atoms with Gasteiger partial charge in [0.2, 0.25) is 6.10 Å². The molecule has 0 bridgehead atoms. The van der Waals surface area contributed by atoms with E-state index in [0.717, 1.165) is 18.2 Å². The van der Waals surface area contributed by atoms with Gasteiger partial charge in [-0.05, 0) is 37.6 Å². The minimum absolute atomic E-state index is 0.0367. The number of fused-ring (bicyclic) bond motifs is 1. The van der Waals surface area contributed by atoms with E-state index in [1.54, 1.807) is 0 Å². The lowest BCUT2D eigenvalue weighted by Crippen LogP contribution is -2.41. The van der Waals surface area contributed by atoms with Crippen LogP contribution in [0.4, 0.5) is 26.3 Å². The molecule has 1 aliphatic rings. The Morgan fingerprint density at radius 2 is 1.85 bits per heavy atom. The second-order valence-corrected chi connectivity index (χ2v) is 5.91. The zero-order valence-corrected chi connectivity index (χ0v) is 13.9. The topological polar surface area (TPSA) is 44.8 Å². The molecule has 2 atom stereocenters. The van der Waals surface area contributed by atoms with Gasteiger partial charge in [-0.3, -0.25) is 0 Å². The Morgan fingerprint density at radius 3 is 2.35 bits per heavy atom. The van der Waals surface area contributed by atoms with Crippen LogP contribution in [0.25, 0.3) is 6.08 Å². The maximum Gasteiger partial charge on any atom is 0.573 e. The number of hydrogen-bond acceptors (Lipinski definition) is 4. The van der Waals surface area contributed by atoms with Crippen LogP contribution in [0.5, 0.6) is 11.5 Å². The van der Waals surface area contributed by atoms with Crippen molar-refractivity contribution in [1.29, 1.82) is 0 Å². The Hall–Kier alpha value is -2.10. The monoisotopic (exact) mass is 404 g/mol. The summed E-state index contributed by atoms with van der Waals surface area (Å²) in [5.41, 5.74) is -2.40. The first-order chi connectivity index (χ1) is 11.8. The highest BCUT2D eigenvalue weighted by molar-refractivity contribution is 6.20. The van der Waals surface area contributed by atoms with Gasteiger partial charge < -0.3 is 14.2 Å². The summed E-state index contributed by atoms with van der Waals surface area (Å²) in [6, 6.07) is 1.68. The molecular weight excluding hydrogens is 394 g/mol. The first-order valence-electron chi connectivity index (χ1n) is 6.98. The second kappa shape index (κ2) is 6.90. The molecule has 1 aromatic carbocycles. The fourth-order valence-electron chi connectivity index (χ4n) is 2.28. The van der Waals surface area contributed by atoms with Crippen LogP contribution in [-0.4, -0.2) is 30.2 Å². The lowest BCUT2D eigenvalue weighted by atomic mass is 9.99. The van der Waals surface area contributed by atoms with Crippen LogP contribution >= 0.6 is 11.6 Å². The average molecular weight is 405 g/mol. The molecule has 1 unspecified atom stereocenters. The van der Waals surface area contributed by atoms with Crippen molar-refractivity contribution in [2.45, 2.75) is 38.1 Å². The minimum Gasteiger partial charge on any atom is -0.475 e. The third kappa shape index (κ3) is 4.75. The van der Waals surface area contributed by atoms with E-state index in [-0.39, 0.29) is 16.9 Å². The minimum atomic E-state index is -5.00. The SMILES string of the molecule is Cc1cc(OC(F)(F)F)cc2c1O[C@H](C(F)(F)F)C(C(=O)OC(C)Cl)=C2. The van der Waals surface area contributed by atoms with Gasteiger partial charge in [0.15, 0.2) is 5.56 Å². The smallest absolute Gasteiger partial charge is 0.475 e. The average Bonchev–Trinajstić information content (AvgIpc) is 2.42. The number of aryl methyl sites for hydroxylation is 1. The predicted molar refractivity (Wildman–Crippen MR) is 77.7 cm³/mol. The standard InChI is InChI=1S/C15H11ClF6O4/c1-6-3-9(26-15(20,21)22)4-8-5-10(13(23)24-7(2)16)12(14(17,18)19)25-11(6)8/h3-5,7,12H,1-2H3/t7?,12-/m0/s1. The van der Waals surface area contributed by atoms with Gasteiger partial charge in [-0.25, -0.2) is 4.79 Å². The van der Waals surface area contributed by atoms with Gasteiger partial charge in [0.05, 0.1) is 5.57 Å². The molecule has 26 heavy (non-hydrogen) atoms. The summed E-state index contributed by atoms with van der Waals surface area (Å²) < 4.78 is 90.0. The third-order valence-corrected chi connectivity index (χ3v) is 3.23. The molecule has 11 heteroatoms. The molecular formula is C15H11ClF6O4. The van der Waals surface area contributed by atoms with E-state index in [0.29, 0.717) is 0 Å². The van der Waals surface area contributed by atoms with Crippen LogP contribution in [0.2, 0.25) is 0 Å². The summed E-state index contributed by atoms with van der Waals surface area (Å²) >= 11 is 5.44. The maximum atomic E-state index is 13.2. The van der Waals surface area contributed by atoms with E-state index in [1.807, 2.05) is 0 Å². The number of hydrogen-bond donors (Lipinski definition) is 0. The van der Waals surface area contributed by atoms with Gasteiger partial charge in [0.25, 0.3) is 0 Å². The number of rotatable bonds is 3. The summed E-state index contributed by atoms with van der Waals surface area (Å²) in [6.07, 6.45) is -11.9. The van der Waals surface area contributed by atoms with Crippen molar-refractivity contribution in [1.82, 2.24) is 0 Å². The van der Waals surface area contributed by atoms with Crippen molar-refractivity contribution in [3.63, 3.8) is 0 Å². The van der Waals surface area contributed by atoms with Crippen molar-refractivity contribution in [3.8, 4) is 11.5 Å². The van der Waals surface area contributed by atoms with E-state index in [2.05, 4.69) is 9.47 Å². The lowest BCUT2D eigenvalue weighted by Gasteiger charge is -2.29. The largest absolute Gasteiger partial charge is 0.573 e. The number of benzene rings is 1. The molecule has 0 amide bonds. The number of carbonyl (C=O) groups excluding carboxylic acids is 1. The molecule has 0 aromatic heterocycles. The normalized spacial score (nSPS) is 18.3. The number of ether oxygens (including phenoxy) is 3. The van der Waals surface area contributed by atoms with Crippen LogP contribution in [0, 0.1) is 6.92 Å². The van der Waals surface area contributed by atoms with Gasteiger partial charge in [0.1, 0.15) is 11.5 Å². The molecule has 0 fully saturated rings. The quantitative estimate of drug-likeness (QED) is 0.415. The molecule has 0 N–H and O–H groups in total. The van der Waals surface area contributed by atoms with Crippen molar-refractivity contribution in [2.24, 2.45) is 0 Å². The summed E-state index contributed by atoms with van der Waals surface area (Å²) in [7, 11) is 0. The Labute approximate surface area is 148 Å². The van der Waals surface area contributed by atoms with Gasteiger partial charge in [-0.15, -0.1) is 13.2 Å². The summed E-state index contributed by atoms with van der Waals surface area (Å²) in [6.45, 7) is 2.45. The summed E-state index contributed by atoms with van der Waals surface area (Å²) in [4.78, 5) is 11.9. The first-order valence-corrected chi connectivity index (χ1v) is 7.42. The number of esters is 1. The van der Waals surface area contributed by atoms with Crippen molar-refractivity contribution in [2.75, 3.05) is 0 Å². The second-order valence-electron chi connectivity index (χ2n) is 5.29. The molecule has 4 nitrogen and oxygen atoms in total. The van der Waals surface area contributed by atoms with Gasteiger partial charge in [-0.2, -0.15) is 13.2 Å². The fraction of sp³-hybridized carbons (Fsp3) is 0.400. The Kier molecular flexibility index (Phi) is 5.36. The zero-order valence-electron chi connectivity index (χ0n) is 13.2.